The lowest BCUT2D eigenvalue weighted by molar-refractivity contribution is -0.158. The van der Waals surface area contributed by atoms with E-state index in [1.54, 1.807) is 12.1 Å². The van der Waals surface area contributed by atoms with Crippen LogP contribution in [0.1, 0.15) is 27.4 Å². The van der Waals surface area contributed by atoms with Gasteiger partial charge in [0.2, 0.25) is 5.91 Å². The quantitative estimate of drug-likeness (QED) is 0.372. The molecule has 8 heteroatoms. The normalized spacial score (nSPS) is 16.5. The predicted octanol–water partition coefficient (Wildman–Crippen LogP) is 0.869. The minimum atomic E-state index is -1.38. The van der Waals surface area contributed by atoms with Crippen LogP contribution in [-0.2, 0) is 16.1 Å². The van der Waals surface area contributed by atoms with E-state index in [1.165, 1.54) is 24.3 Å². The summed E-state index contributed by atoms with van der Waals surface area (Å²) in [7, 11) is 0. The highest BCUT2D eigenvalue weighted by Gasteiger charge is 2.42. The van der Waals surface area contributed by atoms with Gasteiger partial charge in [0.15, 0.2) is 0 Å². The number of hydrogen-bond acceptors (Lipinski definition) is 6. The van der Waals surface area contributed by atoms with Crippen LogP contribution in [0.4, 0.5) is 0 Å². The summed E-state index contributed by atoms with van der Waals surface area (Å²) in [6, 6.07) is 9.92. The van der Waals surface area contributed by atoms with Gasteiger partial charge < -0.3 is 15.5 Å². The standard InChI is InChI=1S/C17H14N2O6/c20-10-6-5-9(13(21)7-10)8-18-15(22)14-11-3-1-2-4-12(11)16(23)19(25)17(14)24/h1-7,14,20-21,25H,8H2,(H,18,22). The van der Waals surface area contributed by atoms with Gasteiger partial charge in [-0.3, -0.25) is 19.6 Å². The summed E-state index contributed by atoms with van der Waals surface area (Å²) in [6.07, 6.45) is 0. The molecule has 0 saturated heterocycles. The molecule has 128 valence electrons. The van der Waals surface area contributed by atoms with E-state index in [9.17, 15) is 29.8 Å². The summed E-state index contributed by atoms with van der Waals surface area (Å²) in [5.41, 5.74) is 0.604. The highest BCUT2D eigenvalue weighted by atomic mass is 16.5. The Balaban J connectivity index is 1.85. The van der Waals surface area contributed by atoms with Gasteiger partial charge in [0.1, 0.15) is 17.4 Å². The van der Waals surface area contributed by atoms with Gasteiger partial charge in [-0.25, -0.2) is 0 Å². The summed E-state index contributed by atoms with van der Waals surface area (Å²) in [5.74, 6) is -4.38. The Morgan fingerprint density at radius 1 is 1.12 bits per heavy atom. The average Bonchev–Trinajstić information content (AvgIpc) is 2.59. The molecule has 1 heterocycles. The Kier molecular flexibility index (Phi) is 4.12. The lowest BCUT2D eigenvalue weighted by Crippen LogP contribution is -2.47. The minimum Gasteiger partial charge on any atom is -0.508 e. The van der Waals surface area contributed by atoms with Crippen molar-refractivity contribution in [3.63, 3.8) is 0 Å². The van der Waals surface area contributed by atoms with Crippen LogP contribution in [-0.4, -0.2) is 38.2 Å². The molecule has 0 bridgehead atoms. The average molecular weight is 342 g/mol. The molecule has 3 amide bonds. The first-order valence-corrected chi connectivity index (χ1v) is 7.35. The summed E-state index contributed by atoms with van der Waals surface area (Å²) in [4.78, 5) is 36.6. The monoisotopic (exact) mass is 342 g/mol. The van der Waals surface area contributed by atoms with E-state index in [2.05, 4.69) is 5.32 Å². The summed E-state index contributed by atoms with van der Waals surface area (Å²) in [5, 5.41) is 31.1. The van der Waals surface area contributed by atoms with E-state index in [-0.39, 0.29) is 34.2 Å². The third-order valence-electron chi connectivity index (χ3n) is 3.93. The summed E-state index contributed by atoms with van der Waals surface area (Å²) >= 11 is 0. The molecule has 0 fully saturated rings. The van der Waals surface area contributed by atoms with Crippen molar-refractivity contribution in [3.8, 4) is 11.5 Å². The fourth-order valence-corrected chi connectivity index (χ4v) is 2.65. The second-order valence-corrected chi connectivity index (χ2v) is 5.51. The van der Waals surface area contributed by atoms with Crippen LogP contribution in [0.25, 0.3) is 0 Å². The Bertz CT molecular complexity index is 879. The lowest BCUT2D eigenvalue weighted by Gasteiger charge is -2.27. The second kappa shape index (κ2) is 6.25. The van der Waals surface area contributed by atoms with E-state index < -0.39 is 23.6 Å². The topological polar surface area (TPSA) is 127 Å². The molecular weight excluding hydrogens is 328 g/mol. The molecule has 2 aromatic carbocycles. The van der Waals surface area contributed by atoms with Crippen molar-refractivity contribution < 1.29 is 29.8 Å². The molecule has 0 aromatic heterocycles. The fraction of sp³-hybridized carbons (Fsp3) is 0.118. The number of phenols is 2. The van der Waals surface area contributed by atoms with Crippen molar-refractivity contribution in [2.75, 3.05) is 0 Å². The number of imide groups is 1. The molecule has 0 aliphatic carbocycles. The van der Waals surface area contributed by atoms with Gasteiger partial charge in [-0.2, -0.15) is 5.06 Å². The van der Waals surface area contributed by atoms with Crippen LogP contribution >= 0.6 is 0 Å². The number of phenolic OH excluding ortho intramolecular Hbond substituents is 2. The van der Waals surface area contributed by atoms with Crippen molar-refractivity contribution in [3.05, 3.63) is 59.2 Å². The number of fused-ring (bicyclic) bond motifs is 1. The molecule has 0 saturated carbocycles. The van der Waals surface area contributed by atoms with Gasteiger partial charge in [-0.15, -0.1) is 0 Å². The Hall–Kier alpha value is -3.39. The van der Waals surface area contributed by atoms with Crippen molar-refractivity contribution in [2.45, 2.75) is 12.5 Å². The second-order valence-electron chi connectivity index (χ2n) is 5.51. The molecule has 0 spiro atoms. The lowest BCUT2D eigenvalue weighted by atomic mass is 9.88. The number of amides is 3. The first-order chi connectivity index (χ1) is 11.9. The molecule has 1 aliphatic rings. The number of aromatic hydroxyl groups is 2. The van der Waals surface area contributed by atoms with Gasteiger partial charge in [0.25, 0.3) is 11.8 Å². The van der Waals surface area contributed by atoms with E-state index in [4.69, 9.17) is 0 Å². The molecule has 2 aromatic rings. The van der Waals surface area contributed by atoms with Crippen molar-refractivity contribution in [1.82, 2.24) is 10.4 Å². The number of nitrogens with zero attached hydrogens (tertiary/aromatic N) is 1. The Labute approximate surface area is 141 Å². The molecule has 8 nitrogen and oxygen atoms in total. The summed E-state index contributed by atoms with van der Waals surface area (Å²) in [6.45, 7) is -0.101. The first-order valence-electron chi connectivity index (χ1n) is 7.35. The van der Waals surface area contributed by atoms with Gasteiger partial charge in [0.05, 0.1) is 0 Å². The molecule has 1 aliphatic heterocycles. The molecule has 4 N–H and O–H groups in total. The highest BCUT2D eigenvalue weighted by molar-refractivity contribution is 6.18. The smallest absolute Gasteiger partial charge is 0.284 e. The van der Waals surface area contributed by atoms with Crippen molar-refractivity contribution in [2.24, 2.45) is 0 Å². The minimum absolute atomic E-state index is 0.0649. The number of nitrogens with one attached hydrogen (secondary N) is 1. The zero-order chi connectivity index (χ0) is 18.1. The van der Waals surface area contributed by atoms with E-state index in [1.807, 2.05) is 0 Å². The third kappa shape index (κ3) is 2.90. The van der Waals surface area contributed by atoms with Crippen LogP contribution in [0, 0.1) is 0 Å². The summed E-state index contributed by atoms with van der Waals surface area (Å²) < 4.78 is 0. The van der Waals surface area contributed by atoms with Crippen LogP contribution in [0.2, 0.25) is 0 Å². The zero-order valence-electron chi connectivity index (χ0n) is 12.8. The van der Waals surface area contributed by atoms with E-state index >= 15 is 0 Å². The maximum absolute atomic E-state index is 12.5. The first kappa shape index (κ1) is 16.5. The number of benzene rings is 2. The Morgan fingerprint density at radius 2 is 1.84 bits per heavy atom. The maximum atomic E-state index is 12.5. The highest BCUT2D eigenvalue weighted by Crippen LogP contribution is 2.29. The number of rotatable bonds is 3. The third-order valence-corrected chi connectivity index (χ3v) is 3.93. The van der Waals surface area contributed by atoms with Crippen LogP contribution in [0.3, 0.4) is 0 Å². The van der Waals surface area contributed by atoms with Gasteiger partial charge in [-0.1, -0.05) is 18.2 Å². The number of hydroxylamine groups is 2. The largest absolute Gasteiger partial charge is 0.508 e. The van der Waals surface area contributed by atoms with Gasteiger partial charge in [0, 0.05) is 23.7 Å². The number of hydrogen-bond donors (Lipinski definition) is 4. The van der Waals surface area contributed by atoms with Gasteiger partial charge >= 0.3 is 0 Å². The number of carbonyl (C=O) groups excluding carboxylic acids is 3. The van der Waals surface area contributed by atoms with Crippen molar-refractivity contribution in [1.29, 1.82) is 0 Å². The zero-order valence-corrected chi connectivity index (χ0v) is 12.8. The predicted molar refractivity (Wildman–Crippen MR) is 83.8 cm³/mol. The molecule has 0 radical (unpaired) electrons. The SMILES string of the molecule is O=C(NCc1ccc(O)cc1O)C1C(=O)N(O)C(=O)c2ccccc21. The maximum Gasteiger partial charge on any atom is 0.284 e. The molecule has 1 unspecified atom stereocenters. The molecule has 25 heavy (non-hydrogen) atoms. The van der Waals surface area contributed by atoms with Gasteiger partial charge in [-0.05, 0) is 23.8 Å². The molecule has 1 atom stereocenters. The van der Waals surface area contributed by atoms with E-state index in [0.717, 1.165) is 6.07 Å². The fourth-order valence-electron chi connectivity index (χ4n) is 2.65. The van der Waals surface area contributed by atoms with Crippen LogP contribution in [0.15, 0.2) is 42.5 Å². The van der Waals surface area contributed by atoms with Crippen LogP contribution < -0.4 is 5.32 Å². The molecule has 3 rings (SSSR count). The van der Waals surface area contributed by atoms with Crippen molar-refractivity contribution >= 4 is 17.7 Å². The van der Waals surface area contributed by atoms with Crippen LogP contribution in [0.5, 0.6) is 11.5 Å². The number of carbonyl (C=O) groups is 3. The van der Waals surface area contributed by atoms with E-state index in [0.29, 0.717) is 5.56 Å². The molecular formula is C17H14N2O6. The Morgan fingerprint density at radius 3 is 2.56 bits per heavy atom.